The van der Waals surface area contributed by atoms with E-state index in [2.05, 4.69) is 10.3 Å². The molecular formula is C19H25N3O3. The number of urea groups is 1. The number of aliphatic hydroxyl groups excluding tert-OH is 1. The van der Waals surface area contributed by atoms with Gasteiger partial charge in [0.1, 0.15) is 6.26 Å². The average Bonchev–Trinajstić information content (AvgIpc) is 3.03. The largest absolute Gasteiger partial charge is 0.444 e. The van der Waals surface area contributed by atoms with Crippen molar-refractivity contribution in [3.05, 3.63) is 35.7 Å². The molecule has 3 rings (SSSR count). The normalized spacial score (nSPS) is 18.9. The van der Waals surface area contributed by atoms with Crippen molar-refractivity contribution in [1.29, 1.82) is 0 Å². The van der Waals surface area contributed by atoms with Crippen molar-refractivity contribution in [3.63, 3.8) is 0 Å². The van der Waals surface area contributed by atoms with E-state index >= 15 is 0 Å². The fraction of sp³-hybridized carbons (Fsp3) is 0.474. The van der Waals surface area contributed by atoms with Gasteiger partial charge in [-0.15, -0.1) is 0 Å². The lowest BCUT2D eigenvalue weighted by Crippen LogP contribution is -2.44. The van der Waals surface area contributed by atoms with Crippen LogP contribution in [0.2, 0.25) is 0 Å². The first-order valence-electron chi connectivity index (χ1n) is 8.71. The van der Waals surface area contributed by atoms with Crippen molar-refractivity contribution in [1.82, 2.24) is 9.88 Å². The second kappa shape index (κ2) is 7.27. The Labute approximate surface area is 147 Å². The average molecular weight is 343 g/mol. The monoisotopic (exact) mass is 343 g/mol. The second-order valence-corrected chi connectivity index (χ2v) is 6.84. The third-order valence-electron chi connectivity index (χ3n) is 4.77. The number of aliphatic hydroxyl groups is 1. The summed E-state index contributed by atoms with van der Waals surface area (Å²) in [6.07, 6.45) is 3.09. The summed E-state index contributed by atoms with van der Waals surface area (Å²) < 4.78 is 5.49. The van der Waals surface area contributed by atoms with Crippen LogP contribution in [0.15, 0.2) is 28.9 Å². The molecule has 2 amide bonds. The zero-order valence-electron chi connectivity index (χ0n) is 15.0. The van der Waals surface area contributed by atoms with Gasteiger partial charge in [0.05, 0.1) is 11.8 Å². The lowest BCUT2D eigenvalue weighted by Gasteiger charge is -2.34. The maximum Gasteiger partial charge on any atom is 0.321 e. The second-order valence-electron chi connectivity index (χ2n) is 6.84. The van der Waals surface area contributed by atoms with Crippen LogP contribution in [-0.4, -0.2) is 40.2 Å². The van der Waals surface area contributed by atoms with Gasteiger partial charge in [-0.1, -0.05) is 6.07 Å². The third kappa shape index (κ3) is 4.02. The van der Waals surface area contributed by atoms with E-state index in [-0.39, 0.29) is 11.9 Å². The van der Waals surface area contributed by atoms with Gasteiger partial charge in [0.25, 0.3) is 0 Å². The molecule has 1 aromatic heterocycles. The van der Waals surface area contributed by atoms with E-state index in [9.17, 15) is 9.90 Å². The van der Waals surface area contributed by atoms with Gasteiger partial charge in [-0.25, -0.2) is 9.78 Å². The molecule has 2 aromatic rings. The van der Waals surface area contributed by atoms with Crippen molar-refractivity contribution >= 4 is 11.7 Å². The Morgan fingerprint density at radius 2 is 2.24 bits per heavy atom. The molecule has 25 heavy (non-hydrogen) atoms. The molecule has 0 spiro atoms. The number of piperidine rings is 1. The van der Waals surface area contributed by atoms with Gasteiger partial charge in [-0.05, 0) is 51.3 Å². The molecule has 2 unspecified atom stereocenters. The molecule has 2 heterocycles. The number of anilines is 1. The van der Waals surface area contributed by atoms with Gasteiger partial charge in [0.15, 0.2) is 0 Å². The van der Waals surface area contributed by atoms with Crippen LogP contribution in [-0.2, 0) is 0 Å². The van der Waals surface area contributed by atoms with Crippen molar-refractivity contribution in [2.45, 2.75) is 39.7 Å². The summed E-state index contributed by atoms with van der Waals surface area (Å²) in [6.45, 7) is 6.95. The predicted octanol–water partition coefficient (Wildman–Crippen LogP) is 3.58. The number of aromatic nitrogens is 1. The van der Waals surface area contributed by atoms with Crippen LogP contribution in [0, 0.1) is 19.8 Å². The van der Waals surface area contributed by atoms with E-state index in [1.54, 1.807) is 18.1 Å². The van der Waals surface area contributed by atoms with Crippen LogP contribution in [0.25, 0.3) is 11.5 Å². The number of carbonyl (C=O) groups excluding carboxylic acids is 1. The number of aryl methyl sites for hydroxylation is 2. The van der Waals surface area contributed by atoms with Crippen LogP contribution in [0.3, 0.4) is 0 Å². The van der Waals surface area contributed by atoms with Crippen LogP contribution in [0.1, 0.15) is 31.0 Å². The van der Waals surface area contributed by atoms with E-state index in [1.165, 1.54) is 0 Å². The molecule has 2 atom stereocenters. The molecule has 134 valence electrons. The van der Waals surface area contributed by atoms with Crippen molar-refractivity contribution in [3.8, 4) is 11.5 Å². The predicted molar refractivity (Wildman–Crippen MR) is 96.4 cm³/mol. The topological polar surface area (TPSA) is 78.6 Å². The molecule has 6 heteroatoms. The minimum atomic E-state index is -0.394. The maximum absolute atomic E-state index is 12.6. The number of hydrogen-bond donors (Lipinski definition) is 2. The fourth-order valence-corrected chi connectivity index (χ4v) is 3.20. The molecule has 0 radical (unpaired) electrons. The number of oxazole rings is 1. The zero-order valence-corrected chi connectivity index (χ0v) is 15.0. The molecule has 6 nitrogen and oxygen atoms in total. The Bertz CT molecular complexity index is 754. The summed E-state index contributed by atoms with van der Waals surface area (Å²) in [5, 5.41) is 12.7. The quantitative estimate of drug-likeness (QED) is 0.893. The maximum atomic E-state index is 12.6. The van der Waals surface area contributed by atoms with E-state index in [1.807, 2.05) is 32.0 Å². The van der Waals surface area contributed by atoms with Gasteiger partial charge in [0.2, 0.25) is 5.89 Å². The Kier molecular flexibility index (Phi) is 5.08. The zero-order chi connectivity index (χ0) is 18.0. The minimum absolute atomic E-state index is 0.135. The van der Waals surface area contributed by atoms with Crippen molar-refractivity contribution < 1.29 is 14.3 Å². The first-order valence-corrected chi connectivity index (χ1v) is 8.71. The fourth-order valence-electron chi connectivity index (χ4n) is 3.20. The number of carbonyl (C=O) groups is 1. The molecule has 0 aliphatic carbocycles. The summed E-state index contributed by atoms with van der Waals surface area (Å²) in [6, 6.07) is 5.57. The SMILES string of the molecule is Cc1coc(-c2cc(NC(=O)N3CCCC(C(C)O)C3)ccc2C)n1. The molecule has 1 aromatic carbocycles. The number of likely N-dealkylation sites (tertiary alicyclic amines) is 1. The standard InChI is InChI=1S/C19H25N3O3/c1-12-6-7-16(9-17(12)18-20-13(2)11-25-18)21-19(24)22-8-4-5-15(10-22)14(3)23/h6-7,9,11,14-15,23H,4-5,8,10H2,1-3H3,(H,21,24). The first-order chi connectivity index (χ1) is 11.9. The Balaban J connectivity index is 1.73. The lowest BCUT2D eigenvalue weighted by atomic mass is 9.94. The summed E-state index contributed by atoms with van der Waals surface area (Å²) >= 11 is 0. The number of benzene rings is 1. The van der Waals surface area contributed by atoms with Crippen molar-refractivity contribution in [2.75, 3.05) is 18.4 Å². The Hall–Kier alpha value is -2.34. The van der Waals surface area contributed by atoms with Gasteiger partial charge in [-0.3, -0.25) is 0 Å². The highest BCUT2D eigenvalue weighted by molar-refractivity contribution is 5.90. The molecule has 1 aliphatic rings. The van der Waals surface area contributed by atoms with Gasteiger partial charge in [-0.2, -0.15) is 0 Å². The number of rotatable bonds is 3. The third-order valence-corrected chi connectivity index (χ3v) is 4.77. The lowest BCUT2D eigenvalue weighted by molar-refractivity contribution is 0.0766. The number of amides is 2. The van der Waals surface area contributed by atoms with Crippen LogP contribution in [0.4, 0.5) is 10.5 Å². The summed E-state index contributed by atoms with van der Waals surface area (Å²) in [7, 11) is 0. The number of nitrogens with zero attached hydrogens (tertiary/aromatic N) is 2. The van der Waals surface area contributed by atoms with Crippen LogP contribution in [0.5, 0.6) is 0 Å². The van der Waals surface area contributed by atoms with Crippen LogP contribution >= 0.6 is 0 Å². The summed E-state index contributed by atoms with van der Waals surface area (Å²) in [5.41, 5.74) is 3.43. The Morgan fingerprint density at radius 1 is 1.44 bits per heavy atom. The molecule has 0 saturated carbocycles. The summed E-state index contributed by atoms with van der Waals surface area (Å²) in [5.74, 6) is 0.696. The molecule has 2 N–H and O–H groups in total. The first kappa shape index (κ1) is 17.5. The van der Waals surface area contributed by atoms with E-state index in [0.29, 0.717) is 24.7 Å². The molecule has 0 bridgehead atoms. The number of hydrogen-bond acceptors (Lipinski definition) is 4. The van der Waals surface area contributed by atoms with Crippen molar-refractivity contribution in [2.24, 2.45) is 5.92 Å². The van der Waals surface area contributed by atoms with E-state index in [0.717, 1.165) is 29.7 Å². The molecule has 1 saturated heterocycles. The number of nitrogens with one attached hydrogen (secondary N) is 1. The Morgan fingerprint density at radius 3 is 2.92 bits per heavy atom. The minimum Gasteiger partial charge on any atom is -0.444 e. The van der Waals surface area contributed by atoms with Gasteiger partial charge < -0.3 is 19.7 Å². The van der Waals surface area contributed by atoms with Gasteiger partial charge in [0, 0.05) is 30.3 Å². The van der Waals surface area contributed by atoms with E-state index < -0.39 is 6.10 Å². The summed E-state index contributed by atoms with van der Waals surface area (Å²) in [4.78, 5) is 18.7. The smallest absolute Gasteiger partial charge is 0.321 e. The van der Waals surface area contributed by atoms with Crippen LogP contribution < -0.4 is 5.32 Å². The molecular weight excluding hydrogens is 318 g/mol. The highest BCUT2D eigenvalue weighted by Crippen LogP contribution is 2.27. The van der Waals surface area contributed by atoms with Gasteiger partial charge >= 0.3 is 6.03 Å². The highest BCUT2D eigenvalue weighted by Gasteiger charge is 2.26. The molecule has 1 fully saturated rings. The van der Waals surface area contributed by atoms with E-state index in [4.69, 9.17) is 4.42 Å². The highest BCUT2D eigenvalue weighted by atomic mass is 16.3. The molecule has 1 aliphatic heterocycles.